The lowest BCUT2D eigenvalue weighted by atomic mass is 9.85. The largest absolute Gasteiger partial charge is 0.500 e. The molecule has 1 aromatic carbocycles. The molecular weight excluding hydrogens is 560 g/mol. The summed E-state index contributed by atoms with van der Waals surface area (Å²) >= 11 is 0. The molecule has 3 atom stereocenters. The van der Waals surface area contributed by atoms with Gasteiger partial charge in [-0.15, -0.1) is 0 Å². The van der Waals surface area contributed by atoms with E-state index in [1.807, 2.05) is 20.8 Å². The molecule has 2 bridgehead atoms. The van der Waals surface area contributed by atoms with Crippen LogP contribution in [0.5, 0.6) is 0 Å². The molecule has 0 saturated heterocycles. The van der Waals surface area contributed by atoms with Crippen LogP contribution < -0.4 is 0 Å². The smallest absolute Gasteiger partial charge is 0.463 e. The van der Waals surface area contributed by atoms with E-state index in [1.54, 1.807) is 24.3 Å². The van der Waals surface area contributed by atoms with Crippen molar-refractivity contribution in [1.29, 1.82) is 0 Å². The summed E-state index contributed by atoms with van der Waals surface area (Å²) in [4.78, 5) is 35.5. The monoisotopic (exact) mass is 606 g/mol. The van der Waals surface area contributed by atoms with Crippen LogP contribution in [0.1, 0.15) is 67.2 Å². The molecule has 1 fully saturated rings. The molecule has 3 rings (SSSR count). The van der Waals surface area contributed by atoms with E-state index in [1.165, 1.54) is 5.57 Å². The minimum atomic E-state index is -2.66. The van der Waals surface area contributed by atoms with Gasteiger partial charge < -0.3 is 32.2 Å². The number of hydrogen-bond acceptors (Lipinski definition) is 10. The van der Waals surface area contributed by atoms with Crippen LogP contribution in [0, 0.1) is 17.8 Å². The topological polar surface area (TPSA) is 116 Å². The zero-order valence-corrected chi connectivity index (χ0v) is 26.2. The van der Waals surface area contributed by atoms with Gasteiger partial charge in [-0.05, 0) is 70.4 Å². The summed E-state index contributed by atoms with van der Waals surface area (Å²) in [6, 6.07) is 6.99. The summed E-state index contributed by atoms with van der Waals surface area (Å²) in [7, 11) is -2.66. The highest BCUT2D eigenvalue weighted by atomic mass is 28.4. The van der Waals surface area contributed by atoms with E-state index in [0.29, 0.717) is 63.0 Å². The van der Waals surface area contributed by atoms with Gasteiger partial charge in [0.1, 0.15) is 19.5 Å². The molecule has 42 heavy (non-hydrogen) atoms. The summed E-state index contributed by atoms with van der Waals surface area (Å²) in [5.41, 5.74) is 2.23. The van der Waals surface area contributed by atoms with Crippen LogP contribution in [0.4, 0.5) is 0 Å². The molecule has 1 saturated carbocycles. The first-order chi connectivity index (χ1) is 20.4. The Hall–Kier alpha value is -2.41. The SMILES string of the molecule is CCO[Si](CCCC1=CC2CC(C(=O)OCCOCCOCCOC(=O)c3ccc(C=O)cc3)C1C2)(OCC)OCC. The molecule has 0 spiro atoms. The number of ether oxygens (including phenoxy) is 4. The number of benzene rings is 1. The Labute approximate surface area is 250 Å². The van der Waals surface area contributed by atoms with Gasteiger partial charge >= 0.3 is 20.7 Å². The van der Waals surface area contributed by atoms with Crippen molar-refractivity contribution in [1.82, 2.24) is 0 Å². The van der Waals surface area contributed by atoms with Gasteiger partial charge in [0.15, 0.2) is 0 Å². The minimum Gasteiger partial charge on any atom is -0.463 e. The third-order valence-electron chi connectivity index (χ3n) is 7.46. The molecule has 0 aliphatic heterocycles. The van der Waals surface area contributed by atoms with Crippen molar-refractivity contribution in [2.75, 3.05) is 59.5 Å². The Bertz CT molecular complexity index is 994. The highest BCUT2D eigenvalue weighted by molar-refractivity contribution is 6.60. The van der Waals surface area contributed by atoms with Crippen LogP contribution in [-0.4, -0.2) is 86.5 Å². The van der Waals surface area contributed by atoms with Gasteiger partial charge in [-0.25, -0.2) is 4.79 Å². The standard InChI is InChI=1S/C31H46O10Si/c1-4-39-42(40-5-2,41-6-3)19-7-8-27-20-25-21-28(27)29(22-25)31(34)38-18-16-36-14-13-35-15-17-37-30(33)26-11-9-24(23-32)10-12-26/h9-12,20,23,25,28-29H,4-8,13-19,21-22H2,1-3H3. The molecule has 234 valence electrons. The maximum Gasteiger partial charge on any atom is 0.500 e. The second-order valence-electron chi connectivity index (χ2n) is 10.3. The molecule has 11 heteroatoms. The quantitative estimate of drug-likeness (QED) is 0.0608. The van der Waals surface area contributed by atoms with Crippen molar-refractivity contribution in [3.8, 4) is 0 Å². The van der Waals surface area contributed by atoms with E-state index < -0.39 is 14.8 Å². The highest BCUT2D eigenvalue weighted by Gasteiger charge is 2.45. The predicted molar refractivity (Wildman–Crippen MR) is 157 cm³/mol. The van der Waals surface area contributed by atoms with E-state index in [4.69, 9.17) is 32.2 Å². The molecule has 0 aromatic heterocycles. The summed E-state index contributed by atoms with van der Waals surface area (Å²) in [5.74, 6) is 0.00409. The summed E-state index contributed by atoms with van der Waals surface area (Å²) in [5, 5.41) is 0. The minimum absolute atomic E-state index is 0.0864. The van der Waals surface area contributed by atoms with E-state index in [2.05, 4.69) is 6.08 Å². The third kappa shape index (κ3) is 10.4. The normalized spacial score (nSPS) is 19.5. The van der Waals surface area contributed by atoms with E-state index in [0.717, 1.165) is 31.7 Å². The fraction of sp³-hybridized carbons (Fsp3) is 0.645. The van der Waals surface area contributed by atoms with Crippen LogP contribution in [0.25, 0.3) is 0 Å². The highest BCUT2D eigenvalue weighted by Crippen LogP contribution is 2.49. The number of esters is 2. The van der Waals surface area contributed by atoms with Crippen LogP contribution in [0.15, 0.2) is 35.9 Å². The molecule has 0 amide bonds. The second-order valence-corrected chi connectivity index (χ2v) is 13.0. The van der Waals surface area contributed by atoms with Crippen molar-refractivity contribution in [2.24, 2.45) is 17.8 Å². The number of allylic oxidation sites excluding steroid dienone is 2. The molecule has 0 heterocycles. The Morgan fingerprint density at radius 1 is 0.833 bits per heavy atom. The lowest BCUT2D eigenvalue weighted by Crippen LogP contribution is -2.45. The summed E-state index contributed by atoms with van der Waals surface area (Å²) < 4.78 is 39.6. The van der Waals surface area contributed by atoms with Gasteiger partial charge in [-0.1, -0.05) is 23.8 Å². The maximum absolute atomic E-state index is 12.8. The average molecular weight is 607 g/mol. The second kappa shape index (κ2) is 18.3. The molecule has 2 aliphatic carbocycles. The van der Waals surface area contributed by atoms with Gasteiger partial charge in [0, 0.05) is 31.4 Å². The van der Waals surface area contributed by atoms with Crippen LogP contribution in [-0.2, 0) is 37.0 Å². The number of carbonyl (C=O) groups excluding carboxylic acids is 3. The van der Waals surface area contributed by atoms with Crippen molar-refractivity contribution in [3.05, 3.63) is 47.0 Å². The van der Waals surface area contributed by atoms with E-state index in [-0.39, 0.29) is 37.6 Å². The van der Waals surface area contributed by atoms with Crippen LogP contribution in [0.3, 0.4) is 0 Å². The van der Waals surface area contributed by atoms with Crippen LogP contribution in [0.2, 0.25) is 6.04 Å². The maximum atomic E-state index is 12.8. The Morgan fingerprint density at radius 3 is 2.00 bits per heavy atom. The Morgan fingerprint density at radius 2 is 1.43 bits per heavy atom. The number of aldehydes is 1. The van der Waals surface area contributed by atoms with Crippen LogP contribution >= 0.6 is 0 Å². The van der Waals surface area contributed by atoms with Crippen molar-refractivity contribution >= 4 is 27.0 Å². The molecular formula is C31H46O10Si. The fourth-order valence-electron chi connectivity index (χ4n) is 5.69. The van der Waals surface area contributed by atoms with Gasteiger partial charge in [-0.2, -0.15) is 0 Å². The fourth-order valence-corrected chi connectivity index (χ4v) is 8.31. The number of hydrogen-bond donors (Lipinski definition) is 0. The van der Waals surface area contributed by atoms with E-state index in [9.17, 15) is 14.4 Å². The first-order valence-corrected chi connectivity index (χ1v) is 17.0. The van der Waals surface area contributed by atoms with Gasteiger partial charge in [0.2, 0.25) is 0 Å². The first-order valence-electron chi connectivity index (χ1n) is 15.1. The third-order valence-corrected chi connectivity index (χ3v) is 10.6. The van der Waals surface area contributed by atoms with Gasteiger partial charge in [-0.3, -0.25) is 9.59 Å². The Kier molecular flexibility index (Phi) is 14.8. The van der Waals surface area contributed by atoms with Crippen molar-refractivity contribution < 1.29 is 46.6 Å². The summed E-state index contributed by atoms with van der Waals surface area (Å²) in [6.07, 6.45) is 6.78. The molecule has 0 radical (unpaired) electrons. The predicted octanol–water partition coefficient (Wildman–Crippen LogP) is 4.64. The average Bonchev–Trinajstić information content (AvgIpc) is 3.59. The lowest BCUT2D eigenvalue weighted by Gasteiger charge is -2.29. The van der Waals surface area contributed by atoms with Crippen molar-refractivity contribution in [3.63, 3.8) is 0 Å². The zero-order valence-electron chi connectivity index (χ0n) is 25.2. The number of carbonyl (C=O) groups is 3. The molecule has 0 N–H and O–H groups in total. The van der Waals surface area contributed by atoms with E-state index >= 15 is 0 Å². The number of rotatable bonds is 22. The molecule has 3 unspecified atom stereocenters. The number of fused-ring (bicyclic) bond motifs is 2. The Balaban J connectivity index is 1.24. The summed E-state index contributed by atoms with van der Waals surface area (Å²) in [6.45, 7) is 9.15. The molecule has 2 aliphatic rings. The van der Waals surface area contributed by atoms with Crippen molar-refractivity contribution in [2.45, 2.75) is 52.5 Å². The lowest BCUT2D eigenvalue weighted by molar-refractivity contribution is -0.151. The zero-order chi connectivity index (χ0) is 30.2. The first kappa shape index (κ1) is 34.1. The molecule has 10 nitrogen and oxygen atoms in total. The van der Waals surface area contributed by atoms with Gasteiger partial charge in [0.05, 0.1) is 37.9 Å². The van der Waals surface area contributed by atoms with Gasteiger partial charge in [0.25, 0.3) is 0 Å². The molecule has 1 aromatic rings.